The van der Waals surface area contributed by atoms with Crippen LogP contribution in [0.2, 0.25) is 0 Å². The molecule has 3 atom stereocenters. The van der Waals surface area contributed by atoms with E-state index < -0.39 is 0 Å². The monoisotopic (exact) mass is 173 g/mol. The van der Waals surface area contributed by atoms with E-state index in [9.17, 15) is 5.11 Å². The quantitative estimate of drug-likeness (QED) is 0.686. The second kappa shape index (κ2) is 5.55. The van der Waals surface area contributed by atoms with Gasteiger partial charge in [-0.25, -0.2) is 0 Å². The van der Waals surface area contributed by atoms with Crippen molar-refractivity contribution in [2.24, 2.45) is 0 Å². The SMILES string of the molecule is CCC(C)N(C)C(C)CC(C)O. The fourth-order valence-electron chi connectivity index (χ4n) is 1.38. The van der Waals surface area contributed by atoms with Gasteiger partial charge in [0.15, 0.2) is 0 Å². The maximum atomic E-state index is 9.20. The van der Waals surface area contributed by atoms with E-state index in [0.29, 0.717) is 12.1 Å². The summed E-state index contributed by atoms with van der Waals surface area (Å²) in [5.41, 5.74) is 0. The summed E-state index contributed by atoms with van der Waals surface area (Å²) in [4.78, 5) is 2.33. The summed E-state index contributed by atoms with van der Waals surface area (Å²) < 4.78 is 0. The zero-order chi connectivity index (χ0) is 9.72. The smallest absolute Gasteiger partial charge is 0.0526 e. The standard InChI is InChI=1S/C10H23NO/c1-6-8(2)11(5)9(3)7-10(4)12/h8-10,12H,6-7H2,1-5H3. The molecule has 0 aliphatic rings. The van der Waals surface area contributed by atoms with Crippen LogP contribution in [0, 0.1) is 0 Å². The van der Waals surface area contributed by atoms with E-state index in [-0.39, 0.29) is 6.10 Å². The molecule has 0 aliphatic heterocycles. The Hall–Kier alpha value is -0.0800. The van der Waals surface area contributed by atoms with E-state index in [1.165, 1.54) is 6.42 Å². The van der Waals surface area contributed by atoms with E-state index in [2.05, 4.69) is 32.7 Å². The third-order valence-corrected chi connectivity index (χ3v) is 2.66. The Labute approximate surface area is 76.6 Å². The summed E-state index contributed by atoms with van der Waals surface area (Å²) in [5, 5.41) is 9.20. The van der Waals surface area contributed by atoms with Crippen molar-refractivity contribution in [3.8, 4) is 0 Å². The van der Waals surface area contributed by atoms with Gasteiger partial charge >= 0.3 is 0 Å². The molecule has 0 aromatic carbocycles. The van der Waals surface area contributed by atoms with E-state index >= 15 is 0 Å². The summed E-state index contributed by atoms with van der Waals surface area (Å²) in [5.74, 6) is 0. The first-order chi connectivity index (χ1) is 5.49. The molecule has 0 spiro atoms. The Morgan fingerprint density at radius 2 is 1.67 bits per heavy atom. The van der Waals surface area contributed by atoms with Gasteiger partial charge in [-0.1, -0.05) is 6.92 Å². The van der Waals surface area contributed by atoms with Gasteiger partial charge in [0, 0.05) is 12.1 Å². The maximum Gasteiger partial charge on any atom is 0.0526 e. The highest BCUT2D eigenvalue weighted by atomic mass is 16.3. The lowest BCUT2D eigenvalue weighted by Gasteiger charge is -2.30. The van der Waals surface area contributed by atoms with Crippen molar-refractivity contribution < 1.29 is 5.11 Å². The maximum absolute atomic E-state index is 9.20. The van der Waals surface area contributed by atoms with Gasteiger partial charge in [-0.3, -0.25) is 0 Å². The number of rotatable bonds is 5. The third kappa shape index (κ3) is 4.07. The highest BCUT2D eigenvalue weighted by Gasteiger charge is 2.15. The predicted octanol–water partition coefficient (Wildman–Crippen LogP) is 1.88. The van der Waals surface area contributed by atoms with Crippen molar-refractivity contribution >= 4 is 0 Å². The average Bonchev–Trinajstić information content (AvgIpc) is 2.00. The molecule has 2 heteroatoms. The number of aliphatic hydroxyl groups is 1. The van der Waals surface area contributed by atoms with Crippen LogP contribution >= 0.6 is 0 Å². The van der Waals surface area contributed by atoms with Crippen molar-refractivity contribution in [1.29, 1.82) is 0 Å². The Morgan fingerprint density at radius 3 is 2.00 bits per heavy atom. The Kier molecular flexibility index (Phi) is 5.51. The van der Waals surface area contributed by atoms with Gasteiger partial charge in [0.05, 0.1) is 6.10 Å². The molecule has 0 aromatic heterocycles. The molecule has 12 heavy (non-hydrogen) atoms. The lowest BCUT2D eigenvalue weighted by molar-refractivity contribution is 0.113. The highest BCUT2D eigenvalue weighted by Crippen LogP contribution is 2.10. The first-order valence-electron chi connectivity index (χ1n) is 4.89. The molecule has 0 bridgehead atoms. The van der Waals surface area contributed by atoms with Gasteiger partial charge in [0.1, 0.15) is 0 Å². The number of nitrogens with zero attached hydrogens (tertiary/aromatic N) is 1. The normalized spacial score (nSPS) is 19.2. The molecule has 0 radical (unpaired) electrons. The largest absolute Gasteiger partial charge is 0.393 e. The molecule has 0 rings (SSSR count). The van der Waals surface area contributed by atoms with Gasteiger partial charge in [0.25, 0.3) is 0 Å². The minimum absolute atomic E-state index is 0.188. The second-order valence-corrected chi connectivity index (χ2v) is 3.86. The summed E-state index contributed by atoms with van der Waals surface area (Å²) in [6, 6.07) is 1.08. The predicted molar refractivity (Wildman–Crippen MR) is 53.3 cm³/mol. The summed E-state index contributed by atoms with van der Waals surface area (Å²) >= 11 is 0. The summed E-state index contributed by atoms with van der Waals surface area (Å²) in [6.07, 6.45) is 1.84. The fraction of sp³-hybridized carbons (Fsp3) is 1.00. The molecule has 0 saturated carbocycles. The topological polar surface area (TPSA) is 23.5 Å². The van der Waals surface area contributed by atoms with Gasteiger partial charge in [-0.05, 0) is 40.7 Å². The summed E-state index contributed by atoms with van der Waals surface area (Å²) in [7, 11) is 2.13. The molecule has 0 saturated heterocycles. The van der Waals surface area contributed by atoms with Crippen LogP contribution in [0.5, 0.6) is 0 Å². The van der Waals surface area contributed by atoms with Gasteiger partial charge < -0.3 is 10.0 Å². The lowest BCUT2D eigenvalue weighted by Crippen LogP contribution is -2.38. The number of hydrogen-bond acceptors (Lipinski definition) is 2. The van der Waals surface area contributed by atoms with Crippen LogP contribution in [0.1, 0.15) is 40.5 Å². The van der Waals surface area contributed by atoms with Gasteiger partial charge in [-0.2, -0.15) is 0 Å². The Bertz CT molecular complexity index is 114. The number of hydrogen-bond donors (Lipinski definition) is 1. The van der Waals surface area contributed by atoms with Crippen molar-refractivity contribution in [3.63, 3.8) is 0 Å². The van der Waals surface area contributed by atoms with E-state index in [1.54, 1.807) is 0 Å². The Balaban J connectivity index is 3.83. The second-order valence-electron chi connectivity index (χ2n) is 3.86. The van der Waals surface area contributed by atoms with E-state index in [4.69, 9.17) is 0 Å². The zero-order valence-corrected chi connectivity index (χ0v) is 9.04. The summed E-state index contributed by atoms with van der Waals surface area (Å²) in [6.45, 7) is 8.43. The molecule has 0 heterocycles. The molecule has 0 fully saturated rings. The molecule has 1 N–H and O–H groups in total. The lowest BCUT2D eigenvalue weighted by atomic mass is 10.1. The van der Waals surface area contributed by atoms with Gasteiger partial charge in [-0.15, -0.1) is 0 Å². The van der Waals surface area contributed by atoms with Crippen LogP contribution in [0.25, 0.3) is 0 Å². The molecule has 0 aromatic rings. The van der Waals surface area contributed by atoms with E-state index in [1.807, 2.05) is 6.92 Å². The minimum atomic E-state index is -0.188. The van der Waals surface area contributed by atoms with Crippen LogP contribution < -0.4 is 0 Å². The number of aliphatic hydroxyl groups excluding tert-OH is 1. The molecule has 0 amide bonds. The van der Waals surface area contributed by atoms with Crippen molar-refractivity contribution in [1.82, 2.24) is 4.90 Å². The molecular formula is C10H23NO. The van der Waals surface area contributed by atoms with Crippen molar-refractivity contribution in [2.75, 3.05) is 7.05 Å². The van der Waals surface area contributed by atoms with Crippen LogP contribution in [-0.4, -0.2) is 35.2 Å². The molecule has 2 nitrogen and oxygen atoms in total. The molecule has 0 aliphatic carbocycles. The van der Waals surface area contributed by atoms with Crippen molar-refractivity contribution in [3.05, 3.63) is 0 Å². The van der Waals surface area contributed by atoms with Crippen LogP contribution in [0.15, 0.2) is 0 Å². The van der Waals surface area contributed by atoms with Crippen LogP contribution in [0.4, 0.5) is 0 Å². The first kappa shape index (κ1) is 11.9. The zero-order valence-electron chi connectivity index (χ0n) is 9.04. The first-order valence-corrected chi connectivity index (χ1v) is 4.89. The third-order valence-electron chi connectivity index (χ3n) is 2.66. The van der Waals surface area contributed by atoms with E-state index in [0.717, 1.165) is 6.42 Å². The Morgan fingerprint density at radius 1 is 1.17 bits per heavy atom. The highest BCUT2D eigenvalue weighted by molar-refractivity contribution is 4.70. The van der Waals surface area contributed by atoms with Crippen LogP contribution in [0.3, 0.4) is 0 Å². The average molecular weight is 173 g/mol. The molecular weight excluding hydrogens is 150 g/mol. The fourth-order valence-corrected chi connectivity index (χ4v) is 1.38. The molecule has 74 valence electrons. The minimum Gasteiger partial charge on any atom is -0.393 e. The van der Waals surface area contributed by atoms with Crippen LogP contribution in [-0.2, 0) is 0 Å². The van der Waals surface area contributed by atoms with Crippen molar-refractivity contribution in [2.45, 2.75) is 58.7 Å². The molecule has 3 unspecified atom stereocenters. The van der Waals surface area contributed by atoms with Gasteiger partial charge in [0.2, 0.25) is 0 Å².